The third-order valence-electron chi connectivity index (χ3n) is 1.21. The molecular weight excluding hydrogens is 231 g/mol. The molecule has 0 aromatic heterocycles. The van der Waals surface area contributed by atoms with Gasteiger partial charge >= 0.3 is 12.3 Å². The van der Waals surface area contributed by atoms with Crippen LogP contribution in [0.4, 0.5) is 18.0 Å². The number of nitrogens with one attached hydrogen (secondary N) is 1. The van der Waals surface area contributed by atoms with Gasteiger partial charge in [-0.1, -0.05) is 0 Å². The average Bonchev–Trinajstić information content (AvgIpc) is 1.98. The van der Waals surface area contributed by atoms with E-state index in [1.165, 1.54) is 5.48 Å². The molecule has 5 nitrogen and oxygen atoms in total. The highest BCUT2D eigenvalue weighted by Crippen LogP contribution is 2.21. The number of carbonyl (C=O) groups excluding carboxylic acids is 1. The normalized spacial score (nSPS) is 14.4. The first-order chi connectivity index (χ1) is 7.06. The monoisotopic (exact) mass is 245 g/mol. The van der Waals surface area contributed by atoms with Crippen molar-refractivity contribution in [1.82, 2.24) is 5.48 Å². The summed E-state index contributed by atoms with van der Waals surface area (Å²) in [5.41, 5.74) is 0.609. The molecule has 0 saturated heterocycles. The van der Waals surface area contributed by atoms with Gasteiger partial charge in [-0.25, -0.2) is 4.79 Å². The second-order valence-electron chi connectivity index (χ2n) is 3.93. The fraction of sp³-hybridized carbons (Fsp3) is 0.875. The number of halogens is 3. The molecule has 0 bridgehead atoms. The molecule has 0 aromatic carbocycles. The number of alkyl halides is 3. The molecule has 0 aliphatic heterocycles. The Kier molecular flexibility index (Phi) is 5.01. The van der Waals surface area contributed by atoms with E-state index < -0.39 is 30.6 Å². The smallest absolute Gasteiger partial charge is 0.431 e. The van der Waals surface area contributed by atoms with Gasteiger partial charge < -0.3 is 9.84 Å². The summed E-state index contributed by atoms with van der Waals surface area (Å²) in [6.07, 6.45) is -8.39. The maximum atomic E-state index is 12.0. The highest BCUT2D eigenvalue weighted by atomic mass is 19.4. The van der Waals surface area contributed by atoms with Gasteiger partial charge in [0.25, 0.3) is 0 Å². The molecule has 0 spiro atoms. The van der Waals surface area contributed by atoms with Crippen molar-refractivity contribution in [3.05, 3.63) is 0 Å². The number of hydrogen-bond donors (Lipinski definition) is 2. The first-order valence-electron chi connectivity index (χ1n) is 4.38. The minimum atomic E-state index is -4.76. The summed E-state index contributed by atoms with van der Waals surface area (Å²) in [5, 5.41) is 8.37. The van der Waals surface area contributed by atoms with Gasteiger partial charge in [-0.2, -0.15) is 18.7 Å². The Bertz CT molecular complexity index is 236. The van der Waals surface area contributed by atoms with E-state index in [0.29, 0.717) is 0 Å². The SMILES string of the molecule is CC(C)(C)OC(=O)NOC(CO)C(F)(F)F. The Morgan fingerprint density at radius 2 is 1.88 bits per heavy atom. The van der Waals surface area contributed by atoms with Crippen LogP contribution >= 0.6 is 0 Å². The van der Waals surface area contributed by atoms with Crippen molar-refractivity contribution in [3.8, 4) is 0 Å². The van der Waals surface area contributed by atoms with Gasteiger partial charge in [0.1, 0.15) is 5.60 Å². The number of aliphatic hydroxyl groups excluding tert-OH is 1. The van der Waals surface area contributed by atoms with Gasteiger partial charge in [0.05, 0.1) is 6.61 Å². The summed E-state index contributed by atoms with van der Waals surface area (Å²) in [7, 11) is 0. The molecule has 0 aliphatic rings. The van der Waals surface area contributed by atoms with Gasteiger partial charge in [0, 0.05) is 0 Å². The van der Waals surface area contributed by atoms with E-state index in [1.54, 1.807) is 20.8 Å². The largest absolute Gasteiger partial charge is 0.442 e. The molecule has 0 rings (SSSR count). The summed E-state index contributed by atoms with van der Waals surface area (Å²) in [6.45, 7) is 3.33. The zero-order valence-electron chi connectivity index (χ0n) is 9.09. The fourth-order valence-corrected chi connectivity index (χ4v) is 0.626. The third-order valence-corrected chi connectivity index (χ3v) is 1.21. The molecule has 0 heterocycles. The molecule has 0 radical (unpaired) electrons. The molecular formula is C8H14F3NO4. The molecule has 0 aliphatic carbocycles. The maximum absolute atomic E-state index is 12.0. The number of rotatable bonds is 3. The second kappa shape index (κ2) is 5.35. The average molecular weight is 245 g/mol. The van der Waals surface area contributed by atoms with Crippen LogP contribution < -0.4 is 5.48 Å². The molecule has 8 heteroatoms. The van der Waals surface area contributed by atoms with E-state index in [9.17, 15) is 18.0 Å². The van der Waals surface area contributed by atoms with E-state index >= 15 is 0 Å². The molecule has 1 unspecified atom stereocenters. The minimum absolute atomic E-state index is 0.847. The number of carbonyl (C=O) groups is 1. The molecule has 1 atom stereocenters. The van der Waals surface area contributed by atoms with Gasteiger partial charge in [0.15, 0.2) is 0 Å². The summed E-state index contributed by atoms with van der Waals surface area (Å²) in [6, 6.07) is 0. The van der Waals surface area contributed by atoms with Crippen molar-refractivity contribution in [2.45, 2.75) is 38.7 Å². The van der Waals surface area contributed by atoms with Gasteiger partial charge in [-0.15, -0.1) is 0 Å². The topological polar surface area (TPSA) is 67.8 Å². The number of aliphatic hydroxyl groups is 1. The van der Waals surface area contributed by atoms with Crippen LogP contribution in [0.1, 0.15) is 20.8 Å². The summed E-state index contributed by atoms with van der Waals surface area (Å²) in [4.78, 5) is 14.9. The predicted molar refractivity (Wildman–Crippen MR) is 47.4 cm³/mol. The van der Waals surface area contributed by atoms with Crippen molar-refractivity contribution >= 4 is 6.09 Å². The summed E-state index contributed by atoms with van der Waals surface area (Å²) in [5.74, 6) is 0. The Balaban J connectivity index is 4.09. The van der Waals surface area contributed by atoms with Crippen LogP contribution in [0.3, 0.4) is 0 Å². The predicted octanol–water partition coefficient (Wildman–Crippen LogP) is 1.37. The van der Waals surface area contributed by atoms with Crippen molar-refractivity contribution in [3.63, 3.8) is 0 Å². The Hall–Kier alpha value is -1.02. The van der Waals surface area contributed by atoms with Gasteiger partial charge in [0.2, 0.25) is 6.10 Å². The molecule has 1 amide bonds. The van der Waals surface area contributed by atoms with Crippen LogP contribution in [-0.4, -0.2) is 35.7 Å². The number of ether oxygens (including phenoxy) is 1. The molecule has 2 N–H and O–H groups in total. The Labute approximate surface area is 90.5 Å². The maximum Gasteiger partial charge on any atom is 0.431 e. The first-order valence-corrected chi connectivity index (χ1v) is 4.38. The summed E-state index contributed by atoms with van der Waals surface area (Å²) >= 11 is 0. The molecule has 0 aromatic rings. The van der Waals surface area contributed by atoms with Gasteiger partial charge in [-0.05, 0) is 20.8 Å². The van der Waals surface area contributed by atoms with Crippen molar-refractivity contribution in [2.75, 3.05) is 6.61 Å². The lowest BCUT2D eigenvalue weighted by Crippen LogP contribution is -2.42. The summed E-state index contributed by atoms with van der Waals surface area (Å²) < 4.78 is 40.7. The zero-order chi connectivity index (χ0) is 13.0. The van der Waals surface area contributed by atoms with E-state index in [4.69, 9.17) is 5.11 Å². The lowest BCUT2D eigenvalue weighted by Gasteiger charge is -2.22. The van der Waals surface area contributed by atoms with E-state index in [2.05, 4.69) is 9.57 Å². The van der Waals surface area contributed by atoms with Gasteiger partial charge in [-0.3, -0.25) is 4.84 Å². The fourth-order valence-electron chi connectivity index (χ4n) is 0.626. The number of amides is 1. The molecule has 0 fully saturated rings. The van der Waals surface area contributed by atoms with Crippen LogP contribution in [0.2, 0.25) is 0 Å². The highest BCUT2D eigenvalue weighted by Gasteiger charge is 2.41. The zero-order valence-corrected chi connectivity index (χ0v) is 9.09. The van der Waals surface area contributed by atoms with Crippen molar-refractivity contribution in [2.24, 2.45) is 0 Å². The third kappa shape index (κ3) is 6.46. The van der Waals surface area contributed by atoms with Crippen molar-refractivity contribution in [1.29, 1.82) is 0 Å². The van der Waals surface area contributed by atoms with E-state index in [-0.39, 0.29) is 0 Å². The first kappa shape index (κ1) is 15.0. The van der Waals surface area contributed by atoms with Crippen LogP contribution in [0.25, 0.3) is 0 Å². The molecule has 96 valence electrons. The minimum Gasteiger partial charge on any atom is -0.442 e. The standard InChI is InChI=1S/C8H14F3NO4/c1-7(2,3)15-6(14)12-16-5(4-13)8(9,10)11/h5,13H,4H2,1-3H3,(H,12,14). The Morgan fingerprint density at radius 1 is 1.38 bits per heavy atom. The lowest BCUT2D eigenvalue weighted by molar-refractivity contribution is -0.243. The Morgan fingerprint density at radius 3 is 2.19 bits per heavy atom. The number of hydroxylamine groups is 1. The van der Waals surface area contributed by atoms with Crippen LogP contribution in [0, 0.1) is 0 Å². The van der Waals surface area contributed by atoms with E-state index in [0.717, 1.165) is 0 Å². The van der Waals surface area contributed by atoms with Crippen LogP contribution in [0.5, 0.6) is 0 Å². The molecule has 0 saturated carbocycles. The van der Waals surface area contributed by atoms with Crippen molar-refractivity contribution < 1.29 is 32.6 Å². The van der Waals surface area contributed by atoms with Crippen LogP contribution in [-0.2, 0) is 9.57 Å². The quantitative estimate of drug-likeness (QED) is 0.737. The van der Waals surface area contributed by atoms with Crippen LogP contribution in [0.15, 0.2) is 0 Å². The highest BCUT2D eigenvalue weighted by molar-refractivity contribution is 5.66. The second-order valence-corrected chi connectivity index (χ2v) is 3.93. The van der Waals surface area contributed by atoms with E-state index in [1.807, 2.05) is 0 Å². The lowest BCUT2D eigenvalue weighted by atomic mass is 10.2. The molecule has 16 heavy (non-hydrogen) atoms. The number of hydrogen-bond acceptors (Lipinski definition) is 4.